The minimum Gasteiger partial charge on any atom is -0.459 e. The minimum atomic E-state index is -0.669. The van der Waals surface area contributed by atoms with Crippen LogP contribution in [0.2, 0.25) is 0 Å². The smallest absolute Gasteiger partial charge is 0.286 e. The maximum absolute atomic E-state index is 13.8. The molecule has 8 heteroatoms. The van der Waals surface area contributed by atoms with Crippen LogP contribution in [0, 0.1) is 24.7 Å². The van der Waals surface area contributed by atoms with E-state index < -0.39 is 6.29 Å². The molecule has 2 heterocycles. The molecule has 1 aliphatic heterocycles. The summed E-state index contributed by atoms with van der Waals surface area (Å²) in [7, 11) is 1.88. The van der Waals surface area contributed by atoms with Crippen LogP contribution in [0.4, 0.5) is 0 Å². The first kappa shape index (κ1) is 25.4. The lowest BCUT2D eigenvalue weighted by molar-refractivity contribution is -0.150. The summed E-state index contributed by atoms with van der Waals surface area (Å²) in [6.07, 6.45) is 9.13. The summed E-state index contributed by atoms with van der Waals surface area (Å²) >= 11 is 0. The van der Waals surface area contributed by atoms with Gasteiger partial charge in [-0.25, -0.2) is 4.68 Å². The molecule has 2 atom stereocenters. The normalized spacial score (nSPS) is 31.7. The van der Waals surface area contributed by atoms with Crippen molar-refractivity contribution in [2.75, 3.05) is 13.2 Å². The summed E-state index contributed by atoms with van der Waals surface area (Å²) < 4.78 is 15.6. The third-order valence-electron chi connectivity index (χ3n) is 9.27. The van der Waals surface area contributed by atoms with Gasteiger partial charge in [0.25, 0.3) is 11.5 Å². The van der Waals surface area contributed by atoms with E-state index in [0.29, 0.717) is 42.8 Å². The monoisotopic (exact) mass is 521 g/mol. The van der Waals surface area contributed by atoms with Gasteiger partial charge in [0.05, 0.1) is 12.3 Å². The fourth-order valence-electron chi connectivity index (χ4n) is 7.98. The largest absolute Gasteiger partial charge is 0.459 e. The Morgan fingerprint density at radius 2 is 1.76 bits per heavy atom. The number of carbonyl (C=O) groups is 1. The van der Waals surface area contributed by atoms with Gasteiger partial charge in [-0.3, -0.25) is 14.3 Å². The molecule has 5 aliphatic rings. The van der Waals surface area contributed by atoms with Crippen molar-refractivity contribution >= 4 is 5.91 Å². The van der Waals surface area contributed by atoms with Crippen LogP contribution in [-0.2, 0) is 21.3 Å². The standard InChI is InChI=1S/C30H39N3O5/c1-19-27(29(36)33(32(19)2)24-7-4-3-5-8-24)23-14-25(38-26(15-23)37-10-6-9-34)28(35)31-30-16-20-11-21(17-30)13-22(12-20)18-30/h3-5,7-8,14,20-23,26,34H,6,9-13,15-18H2,1-2H3,(H,31,35)/t20?,21?,22?,23-,26+,30?/m1/s1. The zero-order valence-corrected chi connectivity index (χ0v) is 22.4. The SMILES string of the molecule is Cc1c([C@@H]2C=C(C(=O)NC34CC5CC(CC(C5)C3)C4)O[C@H](OCCCO)C2)c(=O)n(-c2ccccc2)n1C. The topological polar surface area (TPSA) is 94.7 Å². The molecular weight excluding hydrogens is 482 g/mol. The number of para-hydroxylation sites is 1. The zero-order valence-electron chi connectivity index (χ0n) is 22.4. The van der Waals surface area contributed by atoms with Gasteiger partial charge in [-0.1, -0.05) is 18.2 Å². The number of hydrogen-bond donors (Lipinski definition) is 2. The molecule has 2 N–H and O–H groups in total. The molecule has 1 aromatic heterocycles. The Labute approximate surface area is 223 Å². The number of rotatable bonds is 8. The van der Waals surface area contributed by atoms with Gasteiger partial charge in [-0.15, -0.1) is 0 Å². The number of aromatic nitrogens is 2. The molecule has 4 aliphatic carbocycles. The van der Waals surface area contributed by atoms with Gasteiger partial charge in [0, 0.05) is 42.8 Å². The Hall–Kier alpha value is -2.84. The number of benzene rings is 1. The highest BCUT2D eigenvalue weighted by Gasteiger charge is 2.52. The van der Waals surface area contributed by atoms with Crippen LogP contribution in [0.25, 0.3) is 5.69 Å². The van der Waals surface area contributed by atoms with E-state index in [4.69, 9.17) is 9.47 Å². The summed E-state index contributed by atoms with van der Waals surface area (Å²) in [4.78, 5) is 27.5. The van der Waals surface area contributed by atoms with Gasteiger partial charge in [0.15, 0.2) is 5.76 Å². The van der Waals surface area contributed by atoms with E-state index in [1.165, 1.54) is 19.3 Å². The second-order valence-corrected chi connectivity index (χ2v) is 12.0. The van der Waals surface area contributed by atoms with Gasteiger partial charge < -0.3 is 19.9 Å². The summed E-state index contributed by atoms with van der Waals surface area (Å²) in [5.74, 6) is 1.85. The predicted molar refractivity (Wildman–Crippen MR) is 143 cm³/mol. The average molecular weight is 522 g/mol. The predicted octanol–water partition coefficient (Wildman–Crippen LogP) is 3.68. The highest BCUT2D eigenvalue weighted by atomic mass is 16.7. The van der Waals surface area contributed by atoms with E-state index in [1.54, 1.807) is 4.68 Å². The number of nitrogens with one attached hydrogen (secondary N) is 1. The summed E-state index contributed by atoms with van der Waals surface area (Å²) in [5, 5.41) is 12.6. The number of ether oxygens (including phenoxy) is 2. The van der Waals surface area contributed by atoms with Crippen molar-refractivity contribution in [3.05, 3.63) is 63.8 Å². The molecule has 8 nitrogen and oxygen atoms in total. The lowest BCUT2D eigenvalue weighted by Gasteiger charge is -2.56. The Morgan fingerprint density at radius 1 is 1.11 bits per heavy atom. The van der Waals surface area contributed by atoms with Crippen LogP contribution in [0.15, 0.2) is 47.0 Å². The lowest BCUT2D eigenvalue weighted by Crippen LogP contribution is -2.60. The fourth-order valence-corrected chi connectivity index (χ4v) is 7.98. The van der Waals surface area contributed by atoms with E-state index >= 15 is 0 Å². The van der Waals surface area contributed by atoms with Crippen molar-refractivity contribution in [1.29, 1.82) is 0 Å². The van der Waals surface area contributed by atoms with Crippen LogP contribution in [0.5, 0.6) is 0 Å². The van der Waals surface area contributed by atoms with E-state index in [2.05, 4.69) is 5.32 Å². The van der Waals surface area contributed by atoms with Gasteiger partial charge >= 0.3 is 0 Å². The Bertz CT molecular complexity index is 1240. The molecule has 4 fully saturated rings. The first-order valence-electron chi connectivity index (χ1n) is 14.1. The molecular formula is C30H39N3O5. The summed E-state index contributed by atoms with van der Waals surface area (Å²) in [6.45, 7) is 2.28. The van der Waals surface area contributed by atoms with Gasteiger partial charge in [-0.05, 0) is 87.8 Å². The highest BCUT2D eigenvalue weighted by Crippen LogP contribution is 2.55. The minimum absolute atomic E-state index is 0.0188. The van der Waals surface area contributed by atoms with Crippen molar-refractivity contribution in [2.45, 2.75) is 76.0 Å². The van der Waals surface area contributed by atoms with Crippen LogP contribution in [0.1, 0.15) is 68.5 Å². The molecule has 204 valence electrons. The third-order valence-corrected chi connectivity index (χ3v) is 9.27. The average Bonchev–Trinajstić information content (AvgIpc) is 3.11. The third kappa shape index (κ3) is 4.62. The molecule has 4 bridgehead atoms. The van der Waals surface area contributed by atoms with Crippen molar-refractivity contribution in [1.82, 2.24) is 14.7 Å². The molecule has 1 amide bonds. The fraction of sp³-hybridized carbons (Fsp3) is 0.600. The quantitative estimate of drug-likeness (QED) is 0.517. The number of aliphatic hydroxyl groups is 1. The van der Waals surface area contributed by atoms with Gasteiger partial charge in [-0.2, -0.15) is 0 Å². The molecule has 7 rings (SSSR count). The molecule has 1 aromatic carbocycles. The molecule has 0 radical (unpaired) electrons. The van der Waals surface area contributed by atoms with E-state index in [1.807, 2.05) is 55.1 Å². The van der Waals surface area contributed by atoms with E-state index in [-0.39, 0.29) is 35.3 Å². The Kier molecular flexibility index (Phi) is 6.72. The van der Waals surface area contributed by atoms with Gasteiger partial charge in [0.1, 0.15) is 0 Å². The summed E-state index contributed by atoms with van der Waals surface area (Å²) in [6, 6.07) is 9.58. The molecule has 2 aromatic rings. The van der Waals surface area contributed by atoms with Crippen molar-refractivity contribution in [2.24, 2.45) is 24.8 Å². The maximum atomic E-state index is 13.8. The van der Waals surface area contributed by atoms with Crippen LogP contribution >= 0.6 is 0 Å². The Morgan fingerprint density at radius 3 is 2.39 bits per heavy atom. The maximum Gasteiger partial charge on any atom is 0.286 e. The number of hydrogen-bond acceptors (Lipinski definition) is 5. The second-order valence-electron chi connectivity index (χ2n) is 12.0. The first-order valence-corrected chi connectivity index (χ1v) is 14.1. The molecule has 4 saturated carbocycles. The number of aliphatic hydroxyl groups excluding tert-OH is 1. The Balaban J connectivity index is 1.31. The lowest BCUT2D eigenvalue weighted by atomic mass is 9.53. The number of carbonyl (C=O) groups excluding carboxylic acids is 1. The van der Waals surface area contributed by atoms with Gasteiger partial charge in [0.2, 0.25) is 6.29 Å². The van der Waals surface area contributed by atoms with Crippen molar-refractivity contribution < 1.29 is 19.4 Å². The van der Waals surface area contributed by atoms with E-state index in [0.717, 1.165) is 30.6 Å². The number of allylic oxidation sites excluding steroid dienone is 1. The van der Waals surface area contributed by atoms with Crippen LogP contribution in [-0.4, -0.2) is 45.4 Å². The van der Waals surface area contributed by atoms with Crippen LogP contribution < -0.4 is 10.9 Å². The molecule has 38 heavy (non-hydrogen) atoms. The molecule has 0 spiro atoms. The molecule has 0 unspecified atom stereocenters. The van der Waals surface area contributed by atoms with Crippen LogP contribution in [0.3, 0.4) is 0 Å². The molecule has 0 saturated heterocycles. The van der Waals surface area contributed by atoms with E-state index in [9.17, 15) is 14.7 Å². The second kappa shape index (κ2) is 10.0. The first-order chi connectivity index (χ1) is 18.4. The number of amides is 1. The van der Waals surface area contributed by atoms with Crippen molar-refractivity contribution in [3.63, 3.8) is 0 Å². The zero-order chi connectivity index (χ0) is 26.4. The highest BCUT2D eigenvalue weighted by molar-refractivity contribution is 5.92. The number of nitrogens with zero attached hydrogens (tertiary/aromatic N) is 2. The summed E-state index contributed by atoms with van der Waals surface area (Å²) in [5.41, 5.74) is 2.04. The van der Waals surface area contributed by atoms with Crippen molar-refractivity contribution in [3.8, 4) is 5.69 Å².